The van der Waals surface area contributed by atoms with Gasteiger partial charge in [0.05, 0.1) is 18.2 Å². The van der Waals surface area contributed by atoms with Crippen LogP contribution in [0.2, 0.25) is 0 Å². The predicted molar refractivity (Wildman–Crippen MR) is 131 cm³/mol. The molecule has 5 rings (SSSR count). The normalized spacial score (nSPS) is 14.0. The van der Waals surface area contributed by atoms with E-state index in [4.69, 9.17) is 4.42 Å². The molecule has 190 valence electrons. The van der Waals surface area contributed by atoms with Crippen LogP contribution in [-0.4, -0.2) is 31.9 Å². The lowest BCUT2D eigenvalue weighted by atomic mass is 10.0. The molecular weight excluding hydrogens is 487 g/mol. The maximum absolute atomic E-state index is 13.1. The zero-order chi connectivity index (χ0) is 26.0. The predicted octanol–water partition coefficient (Wildman–Crippen LogP) is 5.31. The molecule has 0 amide bonds. The van der Waals surface area contributed by atoms with Gasteiger partial charge in [-0.25, -0.2) is 4.98 Å². The van der Waals surface area contributed by atoms with Crippen LogP contribution in [0.5, 0.6) is 0 Å². The van der Waals surface area contributed by atoms with Gasteiger partial charge in [0, 0.05) is 23.3 Å². The third-order valence-electron chi connectivity index (χ3n) is 5.75. The molecule has 4 N–H and O–H groups in total. The average molecular weight is 509 g/mol. The second-order valence-electron chi connectivity index (χ2n) is 8.38. The molecule has 0 saturated carbocycles. The molecule has 12 heteroatoms. The van der Waals surface area contributed by atoms with Gasteiger partial charge in [0.15, 0.2) is 0 Å². The van der Waals surface area contributed by atoms with Gasteiger partial charge in [0.25, 0.3) is 5.89 Å². The van der Waals surface area contributed by atoms with E-state index in [-0.39, 0.29) is 23.9 Å². The SMILES string of the molecule is C=C1CCc2cc(Nc3ncc(-c4nnc(C(F)(F)F)o4)c(N[C@H](CO)c4ccccc4)n3)ccc2N1. The van der Waals surface area contributed by atoms with Gasteiger partial charge < -0.3 is 25.5 Å². The molecule has 0 aliphatic carbocycles. The minimum Gasteiger partial charge on any atom is -0.412 e. The van der Waals surface area contributed by atoms with E-state index in [0.717, 1.165) is 41.0 Å². The molecule has 0 spiro atoms. The Morgan fingerprint density at radius 1 is 1.11 bits per heavy atom. The quantitative estimate of drug-likeness (QED) is 0.263. The maximum atomic E-state index is 13.1. The zero-order valence-corrected chi connectivity index (χ0v) is 19.4. The number of rotatable bonds is 7. The number of nitrogens with one attached hydrogen (secondary N) is 3. The number of aliphatic hydroxyl groups excluding tert-OH is 1. The monoisotopic (exact) mass is 509 g/mol. The molecule has 1 aliphatic heterocycles. The highest BCUT2D eigenvalue weighted by atomic mass is 19.4. The van der Waals surface area contributed by atoms with Crippen molar-refractivity contribution in [2.24, 2.45) is 0 Å². The van der Waals surface area contributed by atoms with Crippen molar-refractivity contribution in [1.29, 1.82) is 0 Å². The summed E-state index contributed by atoms with van der Waals surface area (Å²) < 4.78 is 44.0. The molecule has 9 nitrogen and oxygen atoms in total. The molecule has 37 heavy (non-hydrogen) atoms. The Labute approximate surface area is 209 Å². The third-order valence-corrected chi connectivity index (χ3v) is 5.75. The first-order chi connectivity index (χ1) is 17.8. The van der Waals surface area contributed by atoms with Gasteiger partial charge in [0.2, 0.25) is 5.95 Å². The third kappa shape index (κ3) is 5.38. The number of allylic oxidation sites excluding steroid dienone is 1. The van der Waals surface area contributed by atoms with Crippen molar-refractivity contribution < 1.29 is 22.7 Å². The van der Waals surface area contributed by atoms with Gasteiger partial charge in [-0.05, 0) is 42.2 Å². The fraction of sp³-hybridized carbons (Fsp3) is 0.200. The average Bonchev–Trinajstić information content (AvgIpc) is 3.39. The molecule has 0 bridgehead atoms. The van der Waals surface area contributed by atoms with Gasteiger partial charge in [0.1, 0.15) is 5.82 Å². The maximum Gasteiger partial charge on any atom is 0.470 e. The van der Waals surface area contributed by atoms with Crippen LogP contribution in [0.4, 0.5) is 36.3 Å². The van der Waals surface area contributed by atoms with Crippen LogP contribution in [0.15, 0.2) is 71.4 Å². The number of alkyl halides is 3. The molecule has 0 radical (unpaired) electrons. The highest BCUT2D eigenvalue weighted by molar-refractivity contribution is 5.71. The summed E-state index contributed by atoms with van der Waals surface area (Å²) in [5.74, 6) is -1.61. The van der Waals surface area contributed by atoms with Gasteiger partial charge in [-0.2, -0.15) is 18.2 Å². The molecule has 1 atom stereocenters. The number of aryl methyl sites for hydroxylation is 1. The molecule has 4 aromatic rings. The van der Waals surface area contributed by atoms with Crippen molar-refractivity contribution in [2.75, 3.05) is 22.6 Å². The number of anilines is 4. The van der Waals surface area contributed by atoms with E-state index in [9.17, 15) is 18.3 Å². The molecular formula is C25H22F3N7O2. The summed E-state index contributed by atoms with van der Waals surface area (Å²) in [7, 11) is 0. The van der Waals surface area contributed by atoms with Crippen molar-refractivity contribution >= 4 is 23.1 Å². The van der Waals surface area contributed by atoms with Gasteiger partial charge in [-0.15, -0.1) is 10.2 Å². The molecule has 3 heterocycles. The molecule has 0 unspecified atom stereocenters. The lowest BCUT2D eigenvalue weighted by molar-refractivity contribution is -0.156. The van der Waals surface area contributed by atoms with E-state index in [1.807, 2.05) is 24.3 Å². The van der Waals surface area contributed by atoms with Crippen LogP contribution in [0.1, 0.15) is 29.5 Å². The van der Waals surface area contributed by atoms with Crippen molar-refractivity contribution in [3.8, 4) is 11.5 Å². The van der Waals surface area contributed by atoms with Crippen molar-refractivity contribution in [1.82, 2.24) is 20.2 Å². The molecule has 1 aliphatic rings. The number of hydrogen-bond donors (Lipinski definition) is 4. The summed E-state index contributed by atoms with van der Waals surface area (Å²) in [6.45, 7) is 3.65. The Balaban J connectivity index is 1.49. The summed E-state index contributed by atoms with van der Waals surface area (Å²) in [4.78, 5) is 8.72. The van der Waals surface area contributed by atoms with E-state index < -0.39 is 24.0 Å². The Morgan fingerprint density at radius 2 is 1.92 bits per heavy atom. The Hall–Kier alpha value is -4.45. The summed E-state index contributed by atoms with van der Waals surface area (Å²) >= 11 is 0. The summed E-state index contributed by atoms with van der Waals surface area (Å²) in [5, 5.41) is 26.1. The van der Waals surface area contributed by atoms with E-state index in [0.29, 0.717) is 0 Å². The van der Waals surface area contributed by atoms with Crippen molar-refractivity contribution in [3.05, 3.63) is 84.0 Å². The number of aliphatic hydroxyl groups is 1. The van der Waals surface area contributed by atoms with Crippen molar-refractivity contribution in [2.45, 2.75) is 25.1 Å². The number of fused-ring (bicyclic) bond motifs is 1. The van der Waals surface area contributed by atoms with Crippen LogP contribution in [0.3, 0.4) is 0 Å². The summed E-state index contributed by atoms with van der Waals surface area (Å²) in [6.07, 6.45) is -1.86. The largest absolute Gasteiger partial charge is 0.470 e. The molecule has 2 aromatic carbocycles. The lowest BCUT2D eigenvalue weighted by Crippen LogP contribution is -2.17. The molecule has 0 saturated heterocycles. The second-order valence-corrected chi connectivity index (χ2v) is 8.38. The Morgan fingerprint density at radius 3 is 2.65 bits per heavy atom. The topological polar surface area (TPSA) is 121 Å². The second kappa shape index (κ2) is 9.90. The fourth-order valence-corrected chi connectivity index (χ4v) is 3.91. The number of hydrogen-bond acceptors (Lipinski definition) is 9. The van der Waals surface area contributed by atoms with E-state index in [1.165, 1.54) is 6.20 Å². The van der Waals surface area contributed by atoms with E-state index in [2.05, 4.69) is 42.7 Å². The minimum absolute atomic E-state index is 0.0519. The van der Waals surface area contributed by atoms with Gasteiger partial charge >= 0.3 is 12.1 Å². The summed E-state index contributed by atoms with van der Waals surface area (Å²) in [6, 6.07) is 14.2. The van der Waals surface area contributed by atoms with E-state index >= 15 is 0 Å². The Bertz CT molecular complexity index is 1420. The van der Waals surface area contributed by atoms with Gasteiger partial charge in [-0.1, -0.05) is 36.9 Å². The minimum atomic E-state index is -4.80. The zero-order valence-electron chi connectivity index (χ0n) is 19.4. The van der Waals surface area contributed by atoms with Crippen LogP contribution in [0, 0.1) is 0 Å². The highest BCUT2D eigenvalue weighted by Crippen LogP contribution is 2.34. The first kappa shape index (κ1) is 24.3. The number of halogens is 3. The molecule has 0 fully saturated rings. The number of benzene rings is 2. The lowest BCUT2D eigenvalue weighted by Gasteiger charge is -2.21. The van der Waals surface area contributed by atoms with Crippen LogP contribution >= 0.6 is 0 Å². The van der Waals surface area contributed by atoms with Crippen LogP contribution in [0.25, 0.3) is 11.5 Å². The highest BCUT2D eigenvalue weighted by Gasteiger charge is 2.38. The molecule has 2 aromatic heterocycles. The Kier molecular flexibility index (Phi) is 6.49. The first-order valence-electron chi connectivity index (χ1n) is 11.4. The van der Waals surface area contributed by atoms with E-state index in [1.54, 1.807) is 24.3 Å². The van der Waals surface area contributed by atoms with Crippen LogP contribution in [-0.2, 0) is 12.6 Å². The van der Waals surface area contributed by atoms with Crippen LogP contribution < -0.4 is 16.0 Å². The van der Waals surface area contributed by atoms with Gasteiger partial charge in [-0.3, -0.25) is 0 Å². The smallest absolute Gasteiger partial charge is 0.412 e. The number of aromatic nitrogens is 4. The standard InChI is InChI=1S/C25H22F3N7O2/c1-14-7-8-16-11-17(9-10-19(16)30-14)31-24-29-12-18(22-34-35-23(37-22)25(26,27)28)21(33-24)32-20(13-36)15-5-3-2-4-6-15/h2-6,9-12,20,30,36H,1,7-8,13H2,(H2,29,31,32,33)/t20-/m1/s1. The first-order valence-corrected chi connectivity index (χ1v) is 11.4. The van der Waals surface area contributed by atoms with Crippen molar-refractivity contribution in [3.63, 3.8) is 0 Å². The fourth-order valence-electron chi connectivity index (χ4n) is 3.91. The number of nitrogens with zero attached hydrogens (tertiary/aromatic N) is 4. The summed E-state index contributed by atoms with van der Waals surface area (Å²) in [5.41, 5.74) is 4.55.